The maximum atomic E-state index is 5.55. The Bertz CT molecular complexity index is 270. The van der Waals surface area contributed by atoms with E-state index in [9.17, 15) is 0 Å². The maximum absolute atomic E-state index is 5.55. The van der Waals surface area contributed by atoms with Crippen LogP contribution in [-0.4, -0.2) is 29.0 Å². The lowest BCUT2D eigenvalue weighted by Gasteiger charge is -2.05. The summed E-state index contributed by atoms with van der Waals surface area (Å²) in [5.41, 5.74) is 0. The molecule has 0 spiro atoms. The first-order chi connectivity index (χ1) is 6.86. The molecule has 0 saturated heterocycles. The van der Waals surface area contributed by atoms with Crippen LogP contribution in [0.5, 0.6) is 5.88 Å². The highest BCUT2D eigenvalue weighted by molar-refractivity contribution is 6.17. The summed E-state index contributed by atoms with van der Waals surface area (Å²) >= 11 is 5.55. The van der Waals surface area contributed by atoms with Crippen molar-refractivity contribution in [2.45, 2.75) is 13.3 Å². The number of hydrogen-bond acceptors (Lipinski definition) is 4. The smallest absolute Gasteiger partial charge is 0.218 e. The molecule has 1 aromatic rings. The highest BCUT2D eigenvalue weighted by Crippen LogP contribution is 2.10. The van der Waals surface area contributed by atoms with Gasteiger partial charge in [0.25, 0.3) is 0 Å². The molecule has 0 saturated carbocycles. The van der Waals surface area contributed by atoms with E-state index in [0.717, 1.165) is 18.8 Å². The Hall–Kier alpha value is -1.03. The van der Waals surface area contributed by atoms with E-state index in [-0.39, 0.29) is 0 Å². The minimum Gasteiger partial charge on any atom is -0.478 e. The molecule has 0 amide bonds. The average molecular weight is 216 g/mol. The van der Waals surface area contributed by atoms with E-state index in [2.05, 4.69) is 15.3 Å². The van der Waals surface area contributed by atoms with Crippen LogP contribution in [0.4, 0.5) is 5.82 Å². The second-order valence-electron chi connectivity index (χ2n) is 2.64. The topological polar surface area (TPSA) is 47.0 Å². The third-order valence-electron chi connectivity index (χ3n) is 1.55. The Morgan fingerprint density at radius 3 is 3.07 bits per heavy atom. The summed E-state index contributed by atoms with van der Waals surface area (Å²) in [5, 5.41) is 3.13. The summed E-state index contributed by atoms with van der Waals surface area (Å²) in [4.78, 5) is 8.01. The van der Waals surface area contributed by atoms with E-state index in [1.165, 1.54) is 6.33 Å². The highest BCUT2D eigenvalue weighted by atomic mass is 35.5. The lowest BCUT2D eigenvalue weighted by Crippen LogP contribution is -2.04. The van der Waals surface area contributed by atoms with E-state index >= 15 is 0 Å². The van der Waals surface area contributed by atoms with Crippen molar-refractivity contribution in [1.82, 2.24) is 9.97 Å². The predicted molar refractivity (Wildman–Crippen MR) is 57.0 cm³/mol. The third-order valence-corrected chi connectivity index (χ3v) is 1.82. The molecule has 4 nitrogen and oxygen atoms in total. The lowest BCUT2D eigenvalue weighted by atomic mass is 10.4. The van der Waals surface area contributed by atoms with Crippen LogP contribution in [0.3, 0.4) is 0 Å². The fourth-order valence-corrected chi connectivity index (χ4v) is 1.08. The van der Waals surface area contributed by atoms with Crippen LogP contribution in [0.15, 0.2) is 12.4 Å². The summed E-state index contributed by atoms with van der Waals surface area (Å²) in [6.45, 7) is 3.34. The molecule has 78 valence electrons. The summed E-state index contributed by atoms with van der Waals surface area (Å²) < 4.78 is 5.24. The number of halogens is 1. The summed E-state index contributed by atoms with van der Waals surface area (Å²) in [5.74, 6) is 2.01. The number of hydrogen-bond donors (Lipinski definition) is 1. The van der Waals surface area contributed by atoms with Crippen molar-refractivity contribution < 1.29 is 4.74 Å². The molecule has 0 radical (unpaired) electrons. The van der Waals surface area contributed by atoms with Crippen LogP contribution in [0.25, 0.3) is 0 Å². The van der Waals surface area contributed by atoms with Gasteiger partial charge in [-0.05, 0) is 13.3 Å². The minimum atomic E-state index is 0.593. The first kappa shape index (κ1) is 11.0. The Morgan fingerprint density at radius 2 is 2.36 bits per heavy atom. The van der Waals surface area contributed by atoms with Crippen molar-refractivity contribution in [3.05, 3.63) is 12.4 Å². The van der Waals surface area contributed by atoms with Gasteiger partial charge in [0.2, 0.25) is 5.88 Å². The monoisotopic (exact) mass is 215 g/mol. The molecule has 0 unspecified atom stereocenters. The number of ether oxygens (including phenoxy) is 1. The van der Waals surface area contributed by atoms with Crippen molar-refractivity contribution >= 4 is 17.4 Å². The van der Waals surface area contributed by atoms with Gasteiger partial charge in [-0.25, -0.2) is 9.97 Å². The quantitative estimate of drug-likeness (QED) is 0.582. The molecule has 1 rings (SSSR count). The fourth-order valence-electron chi connectivity index (χ4n) is 0.946. The van der Waals surface area contributed by atoms with Crippen molar-refractivity contribution in [3.8, 4) is 5.88 Å². The first-order valence-corrected chi connectivity index (χ1v) is 5.15. The molecule has 0 atom stereocenters. The molecule has 14 heavy (non-hydrogen) atoms. The Labute approximate surface area is 88.7 Å². The van der Waals surface area contributed by atoms with Gasteiger partial charge in [0.05, 0.1) is 6.61 Å². The number of nitrogens with zero attached hydrogens (tertiary/aromatic N) is 2. The van der Waals surface area contributed by atoms with Crippen LogP contribution in [0, 0.1) is 0 Å². The standard InChI is InChI=1S/C9H14ClN3O/c1-2-14-9-6-8(12-7-13-9)11-5-3-4-10/h6-7H,2-5H2,1H3,(H,11,12,13). The molecular weight excluding hydrogens is 202 g/mol. The minimum absolute atomic E-state index is 0.593. The fraction of sp³-hybridized carbons (Fsp3) is 0.556. The van der Waals surface area contributed by atoms with Crippen LogP contribution >= 0.6 is 11.6 Å². The van der Waals surface area contributed by atoms with E-state index in [0.29, 0.717) is 18.4 Å². The average Bonchev–Trinajstić information content (AvgIpc) is 2.19. The maximum Gasteiger partial charge on any atom is 0.218 e. The second-order valence-corrected chi connectivity index (χ2v) is 3.02. The summed E-state index contributed by atoms with van der Waals surface area (Å²) in [6.07, 6.45) is 2.39. The van der Waals surface area contributed by atoms with Crippen molar-refractivity contribution in [1.29, 1.82) is 0 Å². The zero-order chi connectivity index (χ0) is 10.2. The van der Waals surface area contributed by atoms with Gasteiger partial charge in [-0.1, -0.05) is 0 Å². The molecule has 0 aromatic carbocycles. The predicted octanol–water partition coefficient (Wildman–Crippen LogP) is 1.92. The van der Waals surface area contributed by atoms with Crippen molar-refractivity contribution in [2.24, 2.45) is 0 Å². The van der Waals surface area contributed by atoms with Crippen LogP contribution in [0.2, 0.25) is 0 Å². The number of anilines is 1. The zero-order valence-electron chi connectivity index (χ0n) is 8.16. The van der Waals surface area contributed by atoms with E-state index in [1.54, 1.807) is 6.07 Å². The molecule has 0 bridgehead atoms. The molecule has 5 heteroatoms. The lowest BCUT2D eigenvalue weighted by molar-refractivity contribution is 0.326. The number of rotatable bonds is 6. The normalized spacial score (nSPS) is 9.86. The number of alkyl halides is 1. The van der Waals surface area contributed by atoms with Gasteiger partial charge in [-0.15, -0.1) is 11.6 Å². The van der Waals surface area contributed by atoms with Crippen molar-refractivity contribution in [2.75, 3.05) is 24.3 Å². The van der Waals surface area contributed by atoms with Crippen molar-refractivity contribution in [3.63, 3.8) is 0 Å². The molecule has 0 aliphatic carbocycles. The molecule has 0 aliphatic heterocycles. The SMILES string of the molecule is CCOc1cc(NCCCCl)ncn1. The van der Waals surface area contributed by atoms with Gasteiger partial charge in [0.15, 0.2) is 0 Å². The number of nitrogens with one attached hydrogen (secondary N) is 1. The zero-order valence-corrected chi connectivity index (χ0v) is 8.92. The van der Waals surface area contributed by atoms with E-state index in [1.807, 2.05) is 6.92 Å². The molecule has 1 aromatic heterocycles. The Kier molecular flexibility index (Phi) is 5.07. The molecule has 1 heterocycles. The number of aromatic nitrogens is 2. The largest absolute Gasteiger partial charge is 0.478 e. The van der Waals surface area contributed by atoms with Gasteiger partial charge < -0.3 is 10.1 Å². The second kappa shape index (κ2) is 6.43. The van der Waals surface area contributed by atoms with Gasteiger partial charge in [0, 0.05) is 18.5 Å². The Balaban J connectivity index is 2.46. The Morgan fingerprint density at radius 1 is 1.50 bits per heavy atom. The van der Waals surface area contributed by atoms with Crippen LogP contribution in [-0.2, 0) is 0 Å². The summed E-state index contributed by atoms with van der Waals surface area (Å²) in [6, 6.07) is 1.78. The summed E-state index contributed by atoms with van der Waals surface area (Å²) in [7, 11) is 0. The highest BCUT2D eigenvalue weighted by Gasteiger charge is 1.97. The third kappa shape index (κ3) is 3.79. The van der Waals surface area contributed by atoms with Gasteiger partial charge in [0.1, 0.15) is 12.1 Å². The molecule has 0 aliphatic rings. The molecular formula is C9H14ClN3O. The van der Waals surface area contributed by atoms with Gasteiger partial charge in [-0.2, -0.15) is 0 Å². The molecule has 1 N–H and O–H groups in total. The van der Waals surface area contributed by atoms with E-state index < -0.39 is 0 Å². The first-order valence-electron chi connectivity index (χ1n) is 4.61. The molecule has 0 fully saturated rings. The van der Waals surface area contributed by atoms with Crippen LogP contribution < -0.4 is 10.1 Å². The van der Waals surface area contributed by atoms with Gasteiger partial charge >= 0.3 is 0 Å². The van der Waals surface area contributed by atoms with Gasteiger partial charge in [-0.3, -0.25) is 0 Å². The van der Waals surface area contributed by atoms with E-state index in [4.69, 9.17) is 16.3 Å². The van der Waals surface area contributed by atoms with Crippen LogP contribution in [0.1, 0.15) is 13.3 Å².